The number of amides is 1. The van der Waals surface area contributed by atoms with Crippen molar-refractivity contribution in [2.24, 2.45) is 5.73 Å². The van der Waals surface area contributed by atoms with E-state index < -0.39 is 0 Å². The van der Waals surface area contributed by atoms with E-state index in [1.54, 1.807) is 4.52 Å². The first-order valence-corrected chi connectivity index (χ1v) is 9.76. The Bertz CT molecular complexity index is 1160. The van der Waals surface area contributed by atoms with Crippen molar-refractivity contribution in [3.8, 4) is 0 Å². The first-order chi connectivity index (χ1) is 14.6. The van der Waals surface area contributed by atoms with Crippen molar-refractivity contribution in [1.29, 1.82) is 0 Å². The summed E-state index contributed by atoms with van der Waals surface area (Å²) in [5, 5.41) is 7.65. The summed E-state index contributed by atoms with van der Waals surface area (Å²) in [5.74, 6) is 0.943. The molecule has 0 unspecified atom stereocenters. The van der Waals surface area contributed by atoms with Gasteiger partial charge in [0, 0.05) is 29.7 Å². The normalized spacial score (nSPS) is 10.8. The molecule has 30 heavy (non-hydrogen) atoms. The van der Waals surface area contributed by atoms with Gasteiger partial charge in [-0.1, -0.05) is 43.3 Å². The fraction of sp³-hybridized carbons (Fsp3) is 0.182. The average molecular weight is 401 g/mol. The second kappa shape index (κ2) is 8.60. The summed E-state index contributed by atoms with van der Waals surface area (Å²) in [6, 6.07) is 19.8. The maximum atomic E-state index is 11.7. The Kier molecular flexibility index (Phi) is 5.56. The number of fused-ring (bicyclic) bond motifs is 1. The van der Waals surface area contributed by atoms with E-state index in [0.717, 1.165) is 34.9 Å². The number of rotatable bonds is 8. The van der Waals surface area contributed by atoms with E-state index in [-0.39, 0.29) is 12.5 Å². The van der Waals surface area contributed by atoms with E-state index >= 15 is 0 Å². The predicted molar refractivity (Wildman–Crippen MR) is 117 cm³/mol. The van der Waals surface area contributed by atoms with Crippen molar-refractivity contribution >= 4 is 28.9 Å². The maximum absolute atomic E-state index is 11.7. The molecule has 0 fully saturated rings. The molecule has 152 valence electrons. The first kappa shape index (κ1) is 19.4. The third-order valence-electron chi connectivity index (χ3n) is 4.71. The minimum atomic E-state index is -0.379. The minimum Gasteiger partial charge on any atom is -0.368 e. The maximum Gasteiger partial charge on any atom is 0.254 e. The van der Waals surface area contributed by atoms with Crippen molar-refractivity contribution in [2.45, 2.75) is 19.9 Å². The lowest BCUT2D eigenvalue weighted by Crippen LogP contribution is -2.33. The van der Waals surface area contributed by atoms with Crippen molar-refractivity contribution in [3.63, 3.8) is 0 Å². The van der Waals surface area contributed by atoms with Crippen LogP contribution >= 0.6 is 0 Å². The van der Waals surface area contributed by atoms with E-state index in [0.29, 0.717) is 12.3 Å². The lowest BCUT2D eigenvalue weighted by atomic mass is 10.2. The fourth-order valence-electron chi connectivity index (χ4n) is 3.29. The molecule has 0 atom stereocenters. The number of nitrogens with two attached hydrogens (primary N) is 1. The van der Waals surface area contributed by atoms with Gasteiger partial charge in [-0.15, -0.1) is 0 Å². The van der Waals surface area contributed by atoms with Crippen molar-refractivity contribution in [3.05, 3.63) is 78.2 Å². The third kappa shape index (κ3) is 4.38. The quantitative estimate of drug-likeness (QED) is 0.471. The summed E-state index contributed by atoms with van der Waals surface area (Å²) < 4.78 is 1.66. The molecule has 0 saturated carbocycles. The van der Waals surface area contributed by atoms with Crippen molar-refractivity contribution in [1.82, 2.24) is 19.6 Å². The first-order valence-electron chi connectivity index (χ1n) is 9.76. The number of nitrogens with one attached hydrogen (secondary N) is 1. The van der Waals surface area contributed by atoms with Crippen LogP contribution in [0, 0.1) is 0 Å². The molecule has 0 aliphatic carbocycles. The van der Waals surface area contributed by atoms with E-state index in [1.165, 1.54) is 6.33 Å². The molecule has 4 aromatic rings. The number of carbonyl (C=O) groups is 1. The van der Waals surface area contributed by atoms with Crippen LogP contribution in [0.25, 0.3) is 5.78 Å². The molecule has 2 heterocycles. The molecule has 2 aromatic carbocycles. The number of carbonyl (C=O) groups excluding carboxylic acids is 1. The Balaban J connectivity index is 1.64. The van der Waals surface area contributed by atoms with Crippen molar-refractivity contribution < 1.29 is 4.79 Å². The predicted octanol–water partition coefficient (Wildman–Crippen LogP) is 2.92. The van der Waals surface area contributed by atoms with Crippen LogP contribution < -0.4 is 16.0 Å². The van der Waals surface area contributed by atoms with Gasteiger partial charge in [-0.25, -0.2) is 4.98 Å². The number of primary amides is 1. The van der Waals surface area contributed by atoms with Crippen LogP contribution in [0.1, 0.15) is 18.2 Å². The number of aromatic nitrogens is 4. The Morgan fingerprint density at radius 2 is 1.97 bits per heavy atom. The van der Waals surface area contributed by atoms with E-state index in [2.05, 4.69) is 20.4 Å². The van der Waals surface area contributed by atoms with Gasteiger partial charge in [-0.2, -0.15) is 14.6 Å². The topological polar surface area (TPSA) is 101 Å². The van der Waals surface area contributed by atoms with Gasteiger partial charge >= 0.3 is 0 Å². The highest BCUT2D eigenvalue weighted by Crippen LogP contribution is 2.24. The Morgan fingerprint density at radius 1 is 1.13 bits per heavy atom. The zero-order chi connectivity index (χ0) is 20.9. The SMILES string of the molecule is CCc1cc(Nc2cccc(N(CC(N)=O)Cc3ccccc3)c2)n2ncnc2n1. The Hall–Kier alpha value is -3.94. The number of nitrogens with zero attached hydrogens (tertiary/aromatic N) is 5. The van der Waals surface area contributed by atoms with Crippen LogP contribution in [-0.4, -0.2) is 32.0 Å². The van der Waals surface area contributed by atoms with Crippen molar-refractivity contribution in [2.75, 3.05) is 16.8 Å². The molecule has 8 heteroatoms. The van der Waals surface area contributed by atoms with Gasteiger partial charge in [0.1, 0.15) is 12.1 Å². The molecule has 0 bridgehead atoms. The number of hydrogen-bond acceptors (Lipinski definition) is 6. The monoisotopic (exact) mass is 401 g/mol. The fourth-order valence-corrected chi connectivity index (χ4v) is 3.29. The third-order valence-corrected chi connectivity index (χ3v) is 4.71. The molecule has 8 nitrogen and oxygen atoms in total. The number of anilines is 3. The zero-order valence-electron chi connectivity index (χ0n) is 16.7. The van der Waals surface area contributed by atoms with Gasteiger partial charge in [0.15, 0.2) is 0 Å². The van der Waals surface area contributed by atoms with Crippen LogP contribution in [0.15, 0.2) is 67.0 Å². The lowest BCUT2D eigenvalue weighted by molar-refractivity contribution is -0.116. The molecule has 0 spiro atoms. The van der Waals surface area contributed by atoms with Gasteiger partial charge in [0.05, 0.1) is 6.54 Å². The molecule has 0 aliphatic rings. The number of aryl methyl sites for hydroxylation is 1. The smallest absolute Gasteiger partial charge is 0.254 e. The second-order valence-corrected chi connectivity index (χ2v) is 6.94. The molecule has 3 N–H and O–H groups in total. The molecule has 4 rings (SSSR count). The van der Waals surface area contributed by atoms with Crippen LogP contribution in [0.5, 0.6) is 0 Å². The standard InChI is InChI=1S/C22H23N7O/c1-2-17-12-21(29-22(27-17)24-15-25-29)26-18-9-6-10-19(11-18)28(14-20(23)30)13-16-7-4-3-5-8-16/h3-12,15,26H,2,13-14H2,1H3,(H2,23,30). The lowest BCUT2D eigenvalue weighted by Gasteiger charge is -2.24. The number of benzene rings is 2. The van der Waals surface area contributed by atoms with E-state index in [1.807, 2.05) is 72.5 Å². The molecule has 0 radical (unpaired) electrons. The second-order valence-electron chi connectivity index (χ2n) is 6.94. The summed E-state index contributed by atoms with van der Waals surface area (Å²) in [6.45, 7) is 2.75. The highest BCUT2D eigenvalue weighted by molar-refractivity contribution is 5.80. The van der Waals surface area contributed by atoms with Crippen LogP contribution in [0.3, 0.4) is 0 Å². The summed E-state index contributed by atoms with van der Waals surface area (Å²) in [6.07, 6.45) is 2.28. The van der Waals surface area contributed by atoms with Crippen LogP contribution in [-0.2, 0) is 17.8 Å². The van der Waals surface area contributed by atoms with Crippen LogP contribution in [0.4, 0.5) is 17.2 Å². The minimum absolute atomic E-state index is 0.126. The summed E-state index contributed by atoms with van der Waals surface area (Å²) in [7, 11) is 0. The highest BCUT2D eigenvalue weighted by Gasteiger charge is 2.12. The molecule has 0 aliphatic heterocycles. The molecule has 1 amide bonds. The Labute approximate surface area is 174 Å². The highest BCUT2D eigenvalue weighted by atomic mass is 16.1. The molecule has 0 saturated heterocycles. The van der Waals surface area contributed by atoms with E-state index in [9.17, 15) is 4.79 Å². The van der Waals surface area contributed by atoms with Gasteiger partial charge < -0.3 is 16.0 Å². The summed E-state index contributed by atoms with van der Waals surface area (Å²) in [4.78, 5) is 22.3. The summed E-state index contributed by atoms with van der Waals surface area (Å²) in [5.41, 5.74) is 9.28. The largest absolute Gasteiger partial charge is 0.368 e. The van der Waals surface area contributed by atoms with Gasteiger partial charge in [0.2, 0.25) is 5.91 Å². The zero-order valence-corrected chi connectivity index (χ0v) is 16.7. The average Bonchev–Trinajstić information content (AvgIpc) is 3.23. The number of hydrogen-bond donors (Lipinski definition) is 2. The van der Waals surface area contributed by atoms with Gasteiger partial charge in [0.25, 0.3) is 5.78 Å². The Morgan fingerprint density at radius 3 is 2.73 bits per heavy atom. The van der Waals surface area contributed by atoms with E-state index in [4.69, 9.17) is 5.73 Å². The molecular formula is C22H23N7O. The molecular weight excluding hydrogens is 378 g/mol. The van der Waals surface area contributed by atoms with Gasteiger partial charge in [-0.05, 0) is 30.2 Å². The van der Waals surface area contributed by atoms with Gasteiger partial charge in [-0.3, -0.25) is 4.79 Å². The van der Waals surface area contributed by atoms with Crippen LogP contribution in [0.2, 0.25) is 0 Å². The molecule has 2 aromatic heterocycles. The summed E-state index contributed by atoms with van der Waals surface area (Å²) >= 11 is 0.